The molecule has 8 heteroatoms. The second-order valence-electron chi connectivity index (χ2n) is 4.62. The standard InChI is InChI=1S/C12H19N5O2S/c1-16-9-8(10(18)17(2)12(16)19)14-11(15-9)13-6-4-5-7-20-3/h4-7H2,1-3H3,(H2,13,14,15). The van der Waals surface area contributed by atoms with Crippen LogP contribution in [-0.4, -0.2) is 37.7 Å². The van der Waals surface area contributed by atoms with Crippen LogP contribution >= 0.6 is 11.8 Å². The van der Waals surface area contributed by atoms with Crippen LogP contribution in [0.5, 0.6) is 0 Å². The van der Waals surface area contributed by atoms with Gasteiger partial charge in [0.25, 0.3) is 5.56 Å². The summed E-state index contributed by atoms with van der Waals surface area (Å²) in [6, 6.07) is 0. The average molecular weight is 297 g/mol. The number of thioether (sulfide) groups is 1. The minimum atomic E-state index is -0.375. The predicted octanol–water partition coefficient (Wildman–Crippen LogP) is 0.515. The zero-order chi connectivity index (χ0) is 14.7. The van der Waals surface area contributed by atoms with Gasteiger partial charge in [0.1, 0.15) is 0 Å². The first-order chi connectivity index (χ1) is 9.56. The molecule has 2 N–H and O–H groups in total. The summed E-state index contributed by atoms with van der Waals surface area (Å²) in [6.45, 7) is 0.786. The SMILES string of the molecule is CSCCCCNc1nc2c([nH]1)c(=O)n(C)c(=O)n2C. The van der Waals surface area contributed by atoms with Crippen LogP contribution in [-0.2, 0) is 14.1 Å². The van der Waals surface area contributed by atoms with Gasteiger partial charge in [-0.05, 0) is 24.9 Å². The van der Waals surface area contributed by atoms with E-state index in [2.05, 4.69) is 21.5 Å². The number of anilines is 1. The number of rotatable bonds is 6. The molecule has 0 spiro atoms. The third-order valence-corrected chi connectivity index (χ3v) is 3.86. The zero-order valence-corrected chi connectivity index (χ0v) is 12.7. The number of unbranched alkanes of at least 4 members (excludes halogenated alkanes) is 1. The van der Waals surface area contributed by atoms with Gasteiger partial charge in [-0.25, -0.2) is 4.79 Å². The Morgan fingerprint density at radius 3 is 2.70 bits per heavy atom. The summed E-state index contributed by atoms with van der Waals surface area (Å²) in [5.74, 6) is 1.67. The van der Waals surface area contributed by atoms with Crippen molar-refractivity contribution in [3.63, 3.8) is 0 Å². The largest absolute Gasteiger partial charge is 0.356 e. The highest BCUT2D eigenvalue weighted by Crippen LogP contribution is 2.08. The van der Waals surface area contributed by atoms with Crippen molar-refractivity contribution < 1.29 is 0 Å². The highest BCUT2D eigenvalue weighted by Gasteiger charge is 2.12. The Labute approximate surface area is 120 Å². The highest BCUT2D eigenvalue weighted by molar-refractivity contribution is 7.98. The third kappa shape index (κ3) is 2.74. The number of nitrogens with zero attached hydrogens (tertiary/aromatic N) is 3. The average Bonchev–Trinajstić information content (AvgIpc) is 2.87. The number of imidazole rings is 1. The van der Waals surface area contributed by atoms with Crippen LogP contribution in [0.4, 0.5) is 5.95 Å². The molecule has 0 fully saturated rings. The Morgan fingerprint density at radius 1 is 1.25 bits per heavy atom. The molecule has 0 saturated carbocycles. The van der Waals surface area contributed by atoms with Crippen molar-refractivity contribution in [3.05, 3.63) is 20.8 Å². The Hall–Kier alpha value is -1.70. The van der Waals surface area contributed by atoms with Gasteiger partial charge in [0.05, 0.1) is 0 Å². The molecule has 0 radical (unpaired) electrons. The molecule has 2 aromatic heterocycles. The zero-order valence-electron chi connectivity index (χ0n) is 11.9. The fraction of sp³-hybridized carbons (Fsp3) is 0.583. The molecule has 7 nitrogen and oxygen atoms in total. The molecule has 0 unspecified atom stereocenters. The predicted molar refractivity (Wildman–Crippen MR) is 82.7 cm³/mol. The van der Waals surface area contributed by atoms with E-state index in [-0.39, 0.29) is 11.2 Å². The normalized spacial score (nSPS) is 11.2. The summed E-state index contributed by atoms with van der Waals surface area (Å²) in [7, 11) is 3.06. The van der Waals surface area contributed by atoms with Crippen molar-refractivity contribution in [1.82, 2.24) is 19.1 Å². The Kier molecular flexibility index (Phi) is 4.53. The topological polar surface area (TPSA) is 84.7 Å². The van der Waals surface area contributed by atoms with E-state index in [4.69, 9.17) is 0 Å². The number of nitrogens with one attached hydrogen (secondary N) is 2. The monoisotopic (exact) mass is 297 g/mol. The van der Waals surface area contributed by atoms with E-state index in [9.17, 15) is 9.59 Å². The molecule has 0 bridgehead atoms. The van der Waals surface area contributed by atoms with Crippen molar-refractivity contribution in [3.8, 4) is 0 Å². The first-order valence-corrected chi connectivity index (χ1v) is 7.84. The van der Waals surface area contributed by atoms with Crippen molar-refractivity contribution in [1.29, 1.82) is 0 Å². The maximum absolute atomic E-state index is 12.0. The van der Waals surface area contributed by atoms with Crippen molar-refractivity contribution in [2.45, 2.75) is 12.8 Å². The van der Waals surface area contributed by atoms with Gasteiger partial charge >= 0.3 is 5.69 Å². The summed E-state index contributed by atoms with van der Waals surface area (Å²) in [4.78, 5) is 31.0. The van der Waals surface area contributed by atoms with Gasteiger partial charge in [0, 0.05) is 20.6 Å². The lowest BCUT2D eigenvalue weighted by Gasteiger charge is -2.01. The van der Waals surface area contributed by atoms with Gasteiger partial charge in [-0.3, -0.25) is 13.9 Å². The molecule has 0 amide bonds. The molecule has 2 aromatic rings. The van der Waals surface area contributed by atoms with Crippen LogP contribution in [0, 0.1) is 0 Å². The number of H-pyrrole nitrogens is 1. The van der Waals surface area contributed by atoms with Crippen LogP contribution in [0.1, 0.15) is 12.8 Å². The van der Waals surface area contributed by atoms with E-state index in [0.717, 1.165) is 29.7 Å². The van der Waals surface area contributed by atoms with E-state index < -0.39 is 0 Å². The van der Waals surface area contributed by atoms with Crippen LogP contribution in [0.2, 0.25) is 0 Å². The molecule has 0 atom stereocenters. The van der Waals surface area contributed by atoms with Crippen LogP contribution < -0.4 is 16.6 Å². The second kappa shape index (κ2) is 6.17. The molecular formula is C12H19N5O2S. The molecule has 0 saturated heterocycles. The molecule has 20 heavy (non-hydrogen) atoms. The number of fused-ring (bicyclic) bond motifs is 1. The van der Waals surface area contributed by atoms with Crippen molar-refractivity contribution in [2.24, 2.45) is 14.1 Å². The fourth-order valence-corrected chi connectivity index (χ4v) is 2.48. The van der Waals surface area contributed by atoms with E-state index in [1.165, 1.54) is 11.6 Å². The molecule has 0 aromatic carbocycles. The molecular weight excluding hydrogens is 278 g/mol. The van der Waals surface area contributed by atoms with Gasteiger partial charge in [-0.2, -0.15) is 16.7 Å². The summed E-state index contributed by atoms with van der Waals surface area (Å²) in [5.41, 5.74) is -0.00233. The quantitative estimate of drug-likeness (QED) is 0.759. The number of hydrogen-bond donors (Lipinski definition) is 2. The number of aromatic amines is 1. The number of aryl methyl sites for hydroxylation is 1. The minimum absolute atomic E-state index is 0.348. The van der Waals surface area contributed by atoms with Gasteiger partial charge in [0.2, 0.25) is 5.95 Å². The summed E-state index contributed by atoms with van der Waals surface area (Å²) < 4.78 is 2.44. The first kappa shape index (κ1) is 14.7. The molecule has 0 aliphatic rings. The lowest BCUT2D eigenvalue weighted by molar-refractivity contribution is 0.709. The lowest BCUT2D eigenvalue weighted by atomic mass is 10.3. The third-order valence-electron chi connectivity index (χ3n) is 3.16. The second-order valence-corrected chi connectivity index (χ2v) is 5.60. The summed E-state index contributed by atoms with van der Waals surface area (Å²) in [5, 5.41) is 3.15. The van der Waals surface area contributed by atoms with Crippen LogP contribution in [0.15, 0.2) is 9.59 Å². The molecule has 110 valence electrons. The van der Waals surface area contributed by atoms with Crippen molar-refractivity contribution in [2.75, 3.05) is 23.9 Å². The molecule has 0 aliphatic carbocycles. The van der Waals surface area contributed by atoms with E-state index in [1.54, 1.807) is 7.05 Å². The summed E-state index contributed by atoms with van der Waals surface area (Å²) >= 11 is 1.83. The molecule has 2 heterocycles. The fourth-order valence-electron chi connectivity index (χ4n) is 1.99. The van der Waals surface area contributed by atoms with Crippen molar-refractivity contribution >= 4 is 28.9 Å². The lowest BCUT2D eigenvalue weighted by Crippen LogP contribution is -2.36. The molecule has 0 aliphatic heterocycles. The van der Waals surface area contributed by atoms with E-state index in [0.29, 0.717) is 17.1 Å². The Balaban J connectivity index is 2.22. The summed E-state index contributed by atoms with van der Waals surface area (Å²) in [6.07, 6.45) is 4.26. The van der Waals surface area contributed by atoms with E-state index >= 15 is 0 Å². The van der Waals surface area contributed by atoms with E-state index in [1.807, 2.05) is 11.8 Å². The van der Waals surface area contributed by atoms with Gasteiger partial charge in [0.15, 0.2) is 11.2 Å². The van der Waals surface area contributed by atoms with Gasteiger partial charge in [-0.15, -0.1) is 0 Å². The maximum atomic E-state index is 12.0. The maximum Gasteiger partial charge on any atom is 0.332 e. The molecule has 2 rings (SSSR count). The first-order valence-electron chi connectivity index (χ1n) is 6.44. The smallest absolute Gasteiger partial charge is 0.332 e. The number of aromatic nitrogens is 4. The number of hydrogen-bond acceptors (Lipinski definition) is 5. The minimum Gasteiger partial charge on any atom is -0.356 e. The Bertz CT molecular complexity index is 715. The van der Waals surface area contributed by atoms with Crippen LogP contribution in [0.3, 0.4) is 0 Å². The highest BCUT2D eigenvalue weighted by atomic mass is 32.2. The van der Waals surface area contributed by atoms with Crippen LogP contribution in [0.25, 0.3) is 11.2 Å². The van der Waals surface area contributed by atoms with Gasteiger partial charge in [-0.1, -0.05) is 0 Å². The Morgan fingerprint density at radius 2 is 2.00 bits per heavy atom. The van der Waals surface area contributed by atoms with Gasteiger partial charge < -0.3 is 10.3 Å².